The number of amides is 1. The lowest BCUT2D eigenvalue weighted by atomic mass is 9.63. The molecule has 0 spiro atoms. The first-order valence-corrected chi connectivity index (χ1v) is 12.0. The number of esters is 1. The predicted molar refractivity (Wildman–Crippen MR) is 142 cm³/mol. The van der Waals surface area contributed by atoms with Crippen molar-refractivity contribution >= 4 is 28.9 Å². The van der Waals surface area contributed by atoms with E-state index in [0.29, 0.717) is 22.5 Å². The summed E-state index contributed by atoms with van der Waals surface area (Å²) in [5.41, 5.74) is 7.19. The normalized spacial score (nSPS) is 15.6. The molecule has 182 valence electrons. The Morgan fingerprint density at radius 3 is 2.03 bits per heavy atom. The van der Waals surface area contributed by atoms with Crippen LogP contribution in [-0.2, 0) is 15.6 Å². The SMILES string of the molecule is COC(=O)c1ccc(Nc2cc3c(cc2C)C(C)(C)CCC3(C)C)c(NC(=O)c2ccccc2)c1. The van der Waals surface area contributed by atoms with Gasteiger partial charge in [-0.1, -0.05) is 52.0 Å². The van der Waals surface area contributed by atoms with Gasteiger partial charge in [-0.3, -0.25) is 4.79 Å². The monoisotopic (exact) mass is 470 g/mol. The van der Waals surface area contributed by atoms with E-state index in [1.807, 2.05) is 18.2 Å². The van der Waals surface area contributed by atoms with E-state index in [1.54, 1.807) is 30.3 Å². The molecule has 3 aromatic carbocycles. The summed E-state index contributed by atoms with van der Waals surface area (Å²) in [5.74, 6) is -0.707. The fourth-order valence-electron chi connectivity index (χ4n) is 4.79. The number of anilines is 3. The Hall–Kier alpha value is -3.60. The molecule has 0 heterocycles. The van der Waals surface area contributed by atoms with Gasteiger partial charge in [-0.05, 0) is 83.7 Å². The maximum atomic E-state index is 12.9. The fourth-order valence-corrected chi connectivity index (χ4v) is 4.79. The zero-order valence-electron chi connectivity index (χ0n) is 21.4. The third-order valence-electron chi connectivity index (χ3n) is 7.19. The van der Waals surface area contributed by atoms with Crippen LogP contribution in [0.4, 0.5) is 17.1 Å². The van der Waals surface area contributed by atoms with Crippen molar-refractivity contribution in [2.75, 3.05) is 17.7 Å². The summed E-state index contributed by atoms with van der Waals surface area (Å²) in [6.45, 7) is 11.3. The first kappa shape index (κ1) is 24.5. The van der Waals surface area contributed by atoms with Crippen LogP contribution in [0, 0.1) is 6.92 Å². The summed E-state index contributed by atoms with van der Waals surface area (Å²) < 4.78 is 4.89. The minimum Gasteiger partial charge on any atom is -0.465 e. The number of methoxy groups -OCH3 is 1. The molecule has 0 saturated heterocycles. The average Bonchev–Trinajstić information content (AvgIpc) is 2.84. The zero-order chi connectivity index (χ0) is 25.4. The highest BCUT2D eigenvalue weighted by molar-refractivity contribution is 6.07. The van der Waals surface area contributed by atoms with E-state index < -0.39 is 5.97 Å². The predicted octanol–water partition coefficient (Wildman–Crippen LogP) is 7.13. The summed E-state index contributed by atoms with van der Waals surface area (Å²) in [6.07, 6.45) is 2.28. The highest BCUT2D eigenvalue weighted by atomic mass is 16.5. The van der Waals surface area contributed by atoms with Crippen LogP contribution in [0.25, 0.3) is 0 Å². The maximum Gasteiger partial charge on any atom is 0.337 e. The summed E-state index contributed by atoms with van der Waals surface area (Å²) >= 11 is 0. The van der Waals surface area contributed by atoms with Crippen molar-refractivity contribution in [3.05, 3.63) is 88.5 Å². The second-order valence-electron chi connectivity index (χ2n) is 10.7. The number of carbonyl (C=O) groups excluding carboxylic acids is 2. The van der Waals surface area contributed by atoms with Gasteiger partial charge in [-0.15, -0.1) is 0 Å². The molecular weight excluding hydrogens is 436 g/mol. The second-order valence-corrected chi connectivity index (χ2v) is 10.7. The molecule has 3 aromatic rings. The third kappa shape index (κ3) is 4.95. The van der Waals surface area contributed by atoms with E-state index in [0.717, 1.165) is 24.1 Å². The van der Waals surface area contributed by atoms with Crippen molar-refractivity contribution in [3.8, 4) is 0 Å². The lowest BCUT2D eigenvalue weighted by molar-refractivity contribution is 0.0600. The second kappa shape index (κ2) is 9.21. The van der Waals surface area contributed by atoms with Crippen molar-refractivity contribution in [1.29, 1.82) is 0 Å². The molecule has 0 fully saturated rings. The highest BCUT2D eigenvalue weighted by Gasteiger charge is 2.37. The van der Waals surface area contributed by atoms with Crippen molar-refractivity contribution in [3.63, 3.8) is 0 Å². The van der Waals surface area contributed by atoms with Gasteiger partial charge < -0.3 is 15.4 Å². The third-order valence-corrected chi connectivity index (χ3v) is 7.19. The molecule has 5 heteroatoms. The molecule has 2 N–H and O–H groups in total. The first-order valence-electron chi connectivity index (χ1n) is 12.0. The zero-order valence-corrected chi connectivity index (χ0v) is 21.4. The summed E-state index contributed by atoms with van der Waals surface area (Å²) in [4.78, 5) is 25.1. The number of hydrogen-bond acceptors (Lipinski definition) is 4. The minimum atomic E-state index is -0.458. The number of aryl methyl sites for hydroxylation is 1. The molecule has 0 aromatic heterocycles. The van der Waals surface area contributed by atoms with E-state index in [9.17, 15) is 9.59 Å². The van der Waals surface area contributed by atoms with Gasteiger partial charge in [0.25, 0.3) is 5.91 Å². The van der Waals surface area contributed by atoms with Crippen LogP contribution in [0.5, 0.6) is 0 Å². The van der Waals surface area contributed by atoms with Crippen molar-refractivity contribution in [2.45, 2.75) is 58.3 Å². The van der Waals surface area contributed by atoms with E-state index in [4.69, 9.17) is 4.74 Å². The fraction of sp³-hybridized carbons (Fsp3) is 0.333. The summed E-state index contributed by atoms with van der Waals surface area (Å²) in [7, 11) is 1.34. The standard InChI is InChI=1S/C30H34N2O3/c1-19-16-22-23(30(4,5)15-14-29(22,2)3)18-25(19)31-24-13-12-21(28(34)35-6)17-26(24)32-27(33)20-10-8-7-9-11-20/h7-13,16-18,31H,14-15H2,1-6H3,(H,32,33). The molecule has 0 aliphatic heterocycles. The highest BCUT2D eigenvalue weighted by Crippen LogP contribution is 2.47. The molecule has 0 bridgehead atoms. The van der Waals surface area contributed by atoms with Crippen LogP contribution in [-0.4, -0.2) is 19.0 Å². The lowest BCUT2D eigenvalue weighted by Gasteiger charge is -2.42. The number of fused-ring (bicyclic) bond motifs is 1. The molecule has 1 amide bonds. The quantitative estimate of drug-likeness (QED) is 0.389. The van der Waals surface area contributed by atoms with E-state index in [2.05, 4.69) is 57.4 Å². The number of hydrogen-bond donors (Lipinski definition) is 2. The van der Waals surface area contributed by atoms with Crippen LogP contribution in [0.3, 0.4) is 0 Å². The Bertz CT molecular complexity index is 1280. The van der Waals surface area contributed by atoms with Crippen LogP contribution < -0.4 is 10.6 Å². The largest absolute Gasteiger partial charge is 0.465 e. The summed E-state index contributed by atoms with van der Waals surface area (Å²) in [5, 5.41) is 6.50. The Morgan fingerprint density at radius 1 is 0.771 bits per heavy atom. The topological polar surface area (TPSA) is 67.4 Å². The molecule has 0 saturated carbocycles. The Kier molecular flexibility index (Phi) is 6.46. The number of carbonyl (C=O) groups is 2. The van der Waals surface area contributed by atoms with Crippen LogP contribution in [0.2, 0.25) is 0 Å². The molecule has 4 rings (SSSR count). The molecule has 1 aliphatic carbocycles. The number of benzene rings is 3. The van der Waals surface area contributed by atoms with Crippen LogP contribution in [0.15, 0.2) is 60.7 Å². The lowest BCUT2D eigenvalue weighted by Crippen LogP contribution is -2.34. The molecule has 0 atom stereocenters. The molecule has 5 nitrogen and oxygen atoms in total. The molecule has 0 unspecified atom stereocenters. The Balaban J connectivity index is 1.75. The van der Waals surface area contributed by atoms with Crippen molar-refractivity contribution in [2.24, 2.45) is 0 Å². The average molecular weight is 471 g/mol. The number of rotatable bonds is 5. The Morgan fingerprint density at radius 2 is 1.40 bits per heavy atom. The van der Waals surface area contributed by atoms with Gasteiger partial charge in [0.05, 0.1) is 24.0 Å². The number of ether oxygens (including phenoxy) is 1. The van der Waals surface area contributed by atoms with Gasteiger partial charge in [-0.2, -0.15) is 0 Å². The van der Waals surface area contributed by atoms with Gasteiger partial charge >= 0.3 is 5.97 Å². The smallest absolute Gasteiger partial charge is 0.337 e. The first-order chi connectivity index (χ1) is 16.5. The van der Waals surface area contributed by atoms with Gasteiger partial charge in [-0.25, -0.2) is 4.79 Å². The van der Waals surface area contributed by atoms with Crippen molar-refractivity contribution < 1.29 is 14.3 Å². The minimum absolute atomic E-state index is 0.0775. The van der Waals surface area contributed by atoms with E-state index in [1.165, 1.54) is 18.2 Å². The van der Waals surface area contributed by atoms with E-state index in [-0.39, 0.29) is 16.7 Å². The van der Waals surface area contributed by atoms with E-state index >= 15 is 0 Å². The maximum absolute atomic E-state index is 12.9. The number of nitrogens with one attached hydrogen (secondary N) is 2. The molecule has 0 radical (unpaired) electrons. The van der Waals surface area contributed by atoms with Gasteiger partial charge in [0, 0.05) is 11.3 Å². The molecule has 1 aliphatic rings. The van der Waals surface area contributed by atoms with Gasteiger partial charge in [0.15, 0.2) is 0 Å². The molecular formula is C30H34N2O3. The van der Waals surface area contributed by atoms with Crippen LogP contribution >= 0.6 is 0 Å². The summed E-state index contributed by atoms with van der Waals surface area (Å²) in [6, 6.07) is 18.7. The van der Waals surface area contributed by atoms with Gasteiger partial charge in [0.2, 0.25) is 0 Å². The van der Waals surface area contributed by atoms with Crippen LogP contribution in [0.1, 0.15) is 77.9 Å². The molecule has 35 heavy (non-hydrogen) atoms. The Labute approximate surface area is 207 Å². The van der Waals surface area contributed by atoms with Gasteiger partial charge in [0.1, 0.15) is 0 Å². The van der Waals surface area contributed by atoms with Crippen molar-refractivity contribution in [1.82, 2.24) is 0 Å².